The van der Waals surface area contributed by atoms with Crippen LogP contribution in [-0.2, 0) is 6.54 Å². The minimum atomic E-state index is -0.354. The third kappa shape index (κ3) is 3.14. The molecule has 0 atom stereocenters. The Balaban J connectivity index is 2.11. The van der Waals surface area contributed by atoms with E-state index in [1.807, 2.05) is 23.9 Å². The summed E-state index contributed by atoms with van der Waals surface area (Å²) in [6.45, 7) is 3.06. The number of nitrogens with zero attached hydrogens (tertiary/aromatic N) is 2. The summed E-state index contributed by atoms with van der Waals surface area (Å²) < 4.78 is 0. The van der Waals surface area contributed by atoms with Gasteiger partial charge in [-0.2, -0.15) is 11.8 Å². The van der Waals surface area contributed by atoms with Crippen molar-refractivity contribution in [3.63, 3.8) is 0 Å². The zero-order valence-corrected chi connectivity index (χ0v) is 11.2. The molecule has 0 bridgehead atoms. The van der Waals surface area contributed by atoms with E-state index < -0.39 is 0 Å². The fourth-order valence-corrected chi connectivity index (χ4v) is 3.04. The van der Waals surface area contributed by atoms with Crippen molar-refractivity contribution in [1.82, 2.24) is 4.90 Å². The Hall–Kier alpha value is -1.27. The van der Waals surface area contributed by atoms with Gasteiger partial charge in [-0.05, 0) is 11.6 Å². The zero-order valence-electron chi connectivity index (χ0n) is 10.4. The smallest absolute Gasteiger partial charge is 0.292 e. The van der Waals surface area contributed by atoms with Crippen molar-refractivity contribution in [2.45, 2.75) is 6.54 Å². The summed E-state index contributed by atoms with van der Waals surface area (Å²) >= 11 is 1.98. The normalized spacial score (nSPS) is 16.5. The number of hydrogen-bond donors (Lipinski definition) is 1. The first-order valence-electron chi connectivity index (χ1n) is 5.96. The Labute approximate surface area is 111 Å². The lowest BCUT2D eigenvalue weighted by Gasteiger charge is -2.26. The maximum atomic E-state index is 10.8. The molecule has 98 valence electrons. The lowest BCUT2D eigenvalue weighted by atomic mass is 10.1. The lowest BCUT2D eigenvalue weighted by Crippen LogP contribution is -2.31. The number of anilines is 1. The molecule has 18 heavy (non-hydrogen) atoms. The standard InChI is InChI=1S/C12H17N3O2S/c1-13-11-8-10(2-3-12(11)15(16)17)9-14-4-6-18-7-5-14/h2-3,8,13H,4-7,9H2,1H3. The minimum absolute atomic E-state index is 0.135. The van der Waals surface area contributed by atoms with Crippen LogP contribution in [0.15, 0.2) is 18.2 Å². The highest BCUT2D eigenvalue weighted by Crippen LogP contribution is 2.25. The first kappa shape index (κ1) is 13.2. The van der Waals surface area contributed by atoms with E-state index in [0.29, 0.717) is 5.69 Å². The lowest BCUT2D eigenvalue weighted by molar-refractivity contribution is -0.384. The van der Waals surface area contributed by atoms with Gasteiger partial charge in [0.1, 0.15) is 5.69 Å². The van der Waals surface area contributed by atoms with Crippen molar-refractivity contribution >= 4 is 23.1 Å². The van der Waals surface area contributed by atoms with Crippen LogP contribution in [0.3, 0.4) is 0 Å². The first-order valence-corrected chi connectivity index (χ1v) is 7.11. The van der Waals surface area contributed by atoms with E-state index in [4.69, 9.17) is 0 Å². The van der Waals surface area contributed by atoms with Crippen LogP contribution in [0.5, 0.6) is 0 Å². The van der Waals surface area contributed by atoms with Crippen LogP contribution in [0.2, 0.25) is 0 Å². The number of rotatable bonds is 4. The Kier molecular flexibility index (Phi) is 4.43. The maximum Gasteiger partial charge on any atom is 0.292 e. The molecule has 2 rings (SSSR count). The summed E-state index contributed by atoms with van der Waals surface area (Å²) in [5, 5.41) is 13.7. The van der Waals surface area contributed by atoms with Gasteiger partial charge in [0, 0.05) is 44.3 Å². The Morgan fingerprint density at radius 1 is 1.44 bits per heavy atom. The summed E-state index contributed by atoms with van der Waals surface area (Å²) in [4.78, 5) is 12.9. The molecular weight excluding hydrogens is 250 g/mol. The first-order chi connectivity index (χ1) is 8.70. The van der Waals surface area contributed by atoms with Crippen LogP contribution in [0.25, 0.3) is 0 Å². The molecule has 0 amide bonds. The van der Waals surface area contributed by atoms with Gasteiger partial charge in [0.2, 0.25) is 0 Å². The van der Waals surface area contributed by atoms with Crippen molar-refractivity contribution in [2.24, 2.45) is 0 Å². The molecular formula is C12H17N3O2S. The molecule has 1 aliphatic heterocycles. The molecule has 6 heteroatoms. The largest absolute Gasteiger partial charge is 0.383 e. The summed E-state index contributed by atoms with van der Waals surface area (Å²) in [5.74, 6) is 2.34. The van der Waals surface area contributed by atoms with Crippen LogP contribution in [-0.4, -0.2) is 41.5 Å². The van der Waals surface area contributed by atoms with Crippen LogP contribution >= 0.6 is 11.8 Å². The van der Waals surface area contributed by atoms with Crippen molar-refractivity contribution < 1.29 is 4.92 Å². The second-order valence-electron chi connectivity index (χ2n) is 4.25. The summed E-state index contributed by atoms with van der Waals surface area (Å²) in [5.41, 5.74) is 1.84. The number of benzene rings is 1. The summed E-state index contributed by atoms with van der Waals surface area (Å²) in [6, 6.07) is 5.31. The summed E-state index contributed by atoms with van der Waals surface area (Å²) in [7, 11) is 1.71. The van der Waals surface area contributed by atoms with Crippen LogP contribution in [0.1, 0.15) is 5.56 Å². The average molecular weight is 267 g/mol. The van der Waals surface area contributed by atoms with Crippen molar-refractivity contribution in [3.05, 3.63) is 33.9 Å². The molecule has 0 spiro atoms. The van der Waals surface area contributed by atoms with Gasteiger partial charge in [0.25, 0.3) is 5.69 Å². The average Bonchev–Trinajstić information content (AvgIpc) is 2.39. The van der Waals surface area contributed by atoms with Crippen LogP contribution in [0.4, 0.5) is 11.4 Å². The number of nitro groups is 1. The molecule has 0 aliphatic carbocycles. The van der Waals surface area contributed by atoms with Gasteiger partial charge in [-0.1, -0.05) is 6.07 Å². The van der Waals surface area contributed by atoms with E-state index in [1.54, 1.807) is 13.1 Å². The fourth-order valence-electron chi connectivity index (χ4n) is 2.06. The number of nitrogens with one attached hydrogen (secondary N) is 1. The van der Waals surface area contributed by atoms with Crippen LogP contribution in [0, 0.1) is 10.1 Å². The molecule has 0 radical (unpaired) electrons. The highest BCUT2D eigenvalue weighted by Gasteiger charge is 2.15. The van der Waals surface area contributed by atoms with E-state index in [9.17, 15) is 10.1 Å². The quantitative estimate of drug-likeness (QED) is 0.669. The van der Waals surface area contributed by atoms with Gasteiger partial charge in [-0.25, -0.2) is 0 Å². The Bertz CT molecular complexity index is 433. The van der Waals surface area contributed by atoms with Crippen LogP contribution < -0.4 is 5.32 Å². The molecule has 1 fully saturated rings. The molecule has 0 saturated carbocycles. The second-order valence-corrected chi connectivity index (χ2v) is 5.47. The van der Waals surface area contributed by atoms with Crippen molar-refractivity contribution in [2.75, 3.05) is 37.0 Å². The van der Waals surface area contributed by atoms with Gasteiger partial charge < -0.3 is 5.32 Å². The monoisotopic (exact) mass is 267 g/mol. The zero-order chi connectivity index (χ0) is 13.0. The topological polar surface area (TPSA) is 58.4 Å². The molecule has 0 aromatic heterocycles. The number of nitro benzene ring substituents is 1. The molecule has 1 saturated heterocycles. The third-order valence-electron chi connectivity index (χ3n) is 3.04. The third-order valence-corrected chi connectivity index (χ3v) is 3.98. The predicted octanol–water partition coefficient (Wildman–Crippen LogP) is 2.19. The fraction of sp³-hybridized carbons (Fsp3) is 0.500. The van der Waals surface area contributed by atoms with Crippen molar-refractivity contribution in [1.29, 1.82) is 0 Å². The van der Waals surface area contributed by atoms with Crippen molar-refractivity contribution in [3.8, 4) is 0 Å². The number of thioether (sulfide) groups is 1. The molecule has 0 unspecified atom stereocenters. The molecule has 1 heterocycles. The SMILES string of the molecule is CNc1cc(CN2CCSCC2)ccc1[N+](=O)[O-]. The van der Waals surface area contributed by atoms with E-state index in [2.05, 4.69) is 10.2 Å². The summed E-state index contributed by atoms with van der Waals surface area (Å²) in [6.07, 6.45) is 0. The number of hydrogen-bond acceptors (Lipinski definition) is 5. The van der Waals surface area contributed by atoms with E-state index in [0.717, 1.165) is 25.2 Å². The van der Waals surface area contributed by atoms with Gasteiger partial charge in [-0.3, -0.25) is 15.0 Å². The van der Waals surface area contributed by atoms with E-state index in [-0.39, 0.29) is 10.6 Å². The van der Waals surface area contributed by atoms with Gasteiger partial charge in [0.05, 0.1) is 4.92 Å². The molecule has 1 N–H and O–H groups in total. The van der Waals surface area contributed by atoms with Gasteiger partial charge >= 0.3 is 0 Å². The highest BCUT2D eigenvalue weighted by atomic mass is 32.2. The van der Waals surface area contributed by atoms with E-state index in [1.165, 1.54) is 11.5 Å². The maximum absolute atomic E-state index is 10.8. The second kappa shape index (κ2) is 6.06. The van der Waals surface area contributed by atoms with Gasteiger partial charge in [0.15, 0.2) is 0 Å². The molecule has 5 nitrogen and oxygen atoms in total. The predicted molar refractivity (Wildman–Crippen MR) is 75.2 cm³/mol. The highest BCUT2D eigenvalue weighted by molar-refractivity contribution is 7.99. The molecule has 1 aliphatic rings. The minimum Gasteiger partial charge on any atom is -0.383 e. The molecule has 1 aromatic rings. The Morgan fingerprint density at radius 2 is 2.17 bits per heavy atom. The van der Waals surface area contributed by atoms with Gasteiger partial charge in [-0.15, -0.1) is 0 Å². The van der Waals surface area contributed by atoms with E-state index >= 15 is 0 Å². The Morgan fingerprint density at radius 3 is 2.78 bits per heavy atom. The molecule has 1 aromatic carbocycles.